The molecule has 5 rings (SSSR count). The van der Waals surface area contributed by atoms with Crippen LogP contribution in [0, 0.1) is 17.8 Å². The number of thioether (sulfide) groups is 1. The van der Waals surface area contributed by atoms with Crippen LogP contribution in [0.1, 0.15) is 44.9 Å². The first-order valence-corrected chi connectivity index (χ1v) is 11.3. The number of carbonyl (C=O) groups excluding carboxylic acids is 2. The molecular weight excluding hydrogens is 373 g/mol. The molecule has 9 heteroatoms. The molecule has 1 unspecified atom stereocenters. The normalized spacial score (nSPS) is 39.8. The van der Waals surface area contributed by atoms with E-state index in [1.807, 2.05) is 0 Å². The average molecular weight is 395 g/mol. The molecule has 5 aliphatic rings. The van der Waals surface area contributed by atoms with Crippen molar-refractivity contribution in [1.82, 2.24) is 4.90 Å². The van der Waals surface area contributed by atoms with Crippen molar-refractivity contribution in [3.8, 4) is 0 Å². The van der Waals surface area contributed by atoms with Crippen molar-refractivity contribution in [3.63, 3.8) is 0 Å². The zero-order valence-electron chi connectivity index (χ0n) is 14.5. The van der Waals surface area contributed by atoms with Gasteiger partial charge in [0, 0.05) is 17.9 Å². The van der Waals surface area contributed by atoms with Gasteiger partial charge in [-0.2, -0.15) is 0 Å². The van der Waals surface area contributed by atoms with Crippen LogP contribution >= 0.6 is 11.8 Å². The van der Waals surface area contributed by atoms with E-state index in [-0.39, 0.29) is 59.1 Å². The molecule has 4 aliphatic carbocycles. The van der Waals surface area contributed by atoms with Crippen molar-refractivity contribution >= 4 is 33.7 Å². The van der Waals surface area contributed by atoms with Crippen molar-refractivity contribution in [1.29, 1.82) is 0 Å². The number of hydrogen-bond acceptors (Lipinski definition) is 6. The number of likely N-dealkylation sites (tertiary alicyclic amines) is 1. The van der Waals surface area contributed by atoms with Crippen LogP contribution in [0.4, 0.5) is 0 Å². The number of imide groups is 1. The first kappa shape index (κ1) is 20.1. The fraction of sp³-hybridized carbons (Fsp3) is 0.875. The van der Waals surface area contributed by atoms with Crippen LogP contribution in [0.15, 0.2) is 0 Å². The first-order valence-electron chi connectivity index (χ1n) is 8.68. The average Bonchev–Trinajstić information content (AvgIpc) is 2.71. The molecule has 25 heavy (non-hydrogen) atoms. The Balaban J connectivity index is 0.00000182. The van der Waals surface area contributed by atoms with Gasteiger partial charge in [-0.3, -0.25) is 14.5 Å². The summed E-state index contributed by atoms with van der Waals surface area (Å²) in [5.74, 6) is 1.26. The maximum absolute atomic E-state index is 12.8. The Kier molecular flexibility index (Phi) is 5.71. The minimum absolute atomic E-state index is 0. The first-order chi connectivity index (χ1) is 11.3. The summed E-state index contributed by atoms with van der Waals surface area (Å²) in [6, 6.07) is 0. The molecule has 2 amide bonds. The number of nitrogens with zero attached hydrogens (tertiary/aromatic N) is 1. The molecule has 0 N–H and O–H groups in total. The number of carbonyl (C=O) groups is 2. The molecule has 1 atom stereocenters. The predicted molar refractivity (Wildman–Crippen MR) is 88.2 cm³/mol. The van der Waals surface area contributed by atoms with Crippen LogP contribution in [0.5, 0.6) is 0 Å². The second-order valence-corrected chi connectivity index (χ2v) is 10.9. The Hall–Kier alpha value is 0.400. The van der Waals surface area contributed by atoms with Crippen LogP contribution in [0.2, 0.25) is 0 Å². The van der Waals surface area contributed by atoms with Gasteiger partial charge in [0.05, 0.1) is 20.9 Å². The SMILES string of the molecule is O=C1CC(SCCS(=O)(=O)[O-])C(=O)N1C12CC3CC(CC(C3)C1)C2.[Na+]. The Morgan fingerprint density at radius 3 is 2.08 bits per heavy atom. The smallest absolute Gasteiger partial charge is 0.748 e. The maximum Gasteiger partial charge on any atom is 1.00 e. The van der Waals surface area contributed by atoms with Gasteiger partial charge in [-0.15, -0.1) is 11.8 Å². The number of rotatable bonds is 5. The summed E-state index contributed by atoms with van der Waals surface area (Å²) in [4.78, 5) is 27.0. The van der Waals surface area contributed by atoms with Gasteiger partial charge in [-0.05, 0) is 56.3 Å². The molecule has 4 saturated carbocycles. The minimum atomic E-state index is -4.28. The van der Waals surface area contributed by atoms with Crippen LogP contribution in [-0.2, 0) is 19.7 Å². The van der Waals surface area contributed by atoms with Crippen molar-refractivity contribution in [2.75, 3.05) is 11.5 Å². The van der Waals surface area contributed by atoms with E-state index in [0.717, 1.165) is 31.0 Å². The quantitative estimate of drug-likeness (QED) is 0.315. The standard InChI is InChI=1S/C16H23NO5S2.Na/c18-14-6-13(23-1-2-24(20,21)22)15(19)17(14)16-7-10-3-11(8-16)5-12(4-10)9-16;/h10-13H,1-9H2,(H,20,21,22);/q;+1/p-1. The number of amides is 2. The Morgan fingerprint density at radius 2 is 1.60 bits per heavy atom. The summed E-state index contributed by atoms with van der Waals surface area (Å²) in [6.45, 7) is 0. The van der Waals surface area contributed by atoms with Gasteiger partial charge in [-0.25, -0.2) is 8.42 Å². The molecule has 6 nitrogen and oxygen atoms in total. The fourth-order valence-electron chi connectivity index (χ4n) is 5.86. The topological polar surface area (TPSA) is 94.6 Å². The van der Waals surface area contributed by atoms with Crippen molar-refractivity contribution in [2.24, 2.45) is 17.8 Å². The second kappa shape index (κ2) is 7.09. The molecule has 0 radical (unpaired) electrons. The monoisotopic (exact) mass is 395 g/mol. The zero-order valence-corrected chi connectivity index (χ0v) is 18.1. The molecule has 4 bridgehead atoms. The third kappa shape index (κ3) is 3.85. The van der Waals surface area contributed by atoms with Crippen LogP contribution in [0.3, 0.4) is 0 Å². The van der Waals surface area contributed by atoms with Gasteiger partial charge in [0.15, 0.2) is 0 Å². The summed E-state index contributed by atoms with van der Waals surface area (Å²) >= 11 is 1.14. The van der Waals surface area contributed by atoms with Gasteiger partial charge in [-0.1, -0.05) is 0 Å². The van der Waals surface area contributed by atoms with Gasteiger partial charge < -0.3 is 4.55 Å². The van der Waals surface area contributed by atoms with E-state index in [1.54, 1.807) is 4.90 Å². The van der Waals surface area contributed by atoms with E-state index in [0.29, 0.717) is 17.8 Å². The predicted octanol–water partition coefficient (Wildman–Crippen LogP) is -1.63. The summed E-state index contributed by atoms with van der Waals surface area (Å²) in [5, 5.41) is -0.521. The Labute approximate surface area is 174 Å². The zero-order chi connectivity index (χ0) is 17.1. The van der Waals surface area contributed by atoms with Crippen LogP contribution < -0.4 is 29.6 Å². The van der Waals surface area contributed by atoms with Crippen molar-refractivity contribution < 1.29 is 52.1 Å². The summed E-state index contributed by atoms with van der Waals surface area (Å²) in [7, 11) is -4.28. The minimum Gasteiger partial charge on any atom is -0.748 e. The van der Waals surface area contributed by atoms with Crippen LogP contribution in [-0.4, -0.2) is 52.0 Å². The molecule has 1 saturated heterocycles. The Morgan fingerprint density at radius 1 is 1.08 bits per heavy atom. The molecule has 1 heterocycles. The van der Waals surface area contributed by atoms with E-state index >= 15 is 0 Å². The molecule has 0 spiro atoms. The van der Waals surface area contributed by atoms with E-state index in [9.17, 15) is 22.6 Å². The third-order valence-corrected chi connectivity index (χ3v) is 8.41. The summed E-state index contributed by atoms with van der Waals surface area (Å²) in [6.07, 6.45) is 6.72. The van der Waals surface area contributed by atoms with E-state index in [1.165, 1.54) is 19.3 Å². The molecule has 0 aromatic rings. The largest absolute Gasteiger partial charge is 1.00 e. The van der Waals surface area contributed by atoms with Crippen molar-refractivity contribution in [3.05, 3.63) is 0 Å². The molecule has 0 aromatic carbocycles. The molecular formula is C16H22NNaO5S2. The van der Waals surface area contributed by atoms with Gasteiger partial charge in [0.2, 0.25) is 11.8 Å². The van der Waals surface area contributed by atoms with E-state index in [2.05, 4.69) is 0 Å². The fourth-order valence-corrected chi connectivity index (χ4v) is 7.86. The van der Waals surface area contributed by atoms with Gasteiger partial charge in [0.25, 0.3) is 0 Å². The molecule has 0 aromatic heterocycles. The second-order valence-electron chi connectivity index (χ2n) is 8.03. The maximum atomic E-state index is 12.8. The Bertz CT molecular complexity index is 645. The van der Waals surface area contributed by atoms with E-state index in [4.69, 9.17) is 0 Å². The molecule has 1 aliphatic heterocycles. The summed E-state index contributed by atoms with van der Waals surface area (Å²) < 4.78 is 32.1. The number of hydrogen-bond donors (Lipinski definition) is 0. The van der Waals surface area contributed by atoms with Gasteiger partial charge in [0.1, 0.15) is 0 Å². The van der Waals surface area contributed by atoms with Gasteiger partial charge >= 0.3 is 29.6 Å². The summed E-state index contributed by atoms with van der Waals surface area (Å²) in [5.41, 5.74) is -0.275. The third-order valence-electron chi connectivity index (χ3n) is 6.24. The molecule has 5 fully saturated rings. The van der Waals surface area contributed by atoms with Crippen LogP contribution in [0.25, 0.3) is 0 Å². The van der Waals surface area contributed by atoms with Crippen molar-refractivity contribution in [2.45, 2.75) is 55.7 Å². The molecule has 134 valence electrons. The van der Waals surface area contributed by atoms with E-state index < -0.39 is 21.1 Å².